The lowest BCUT2D eigenvalue weighted by Crippen LogP contribution is -2.39. The fraction of sp³-hybridized carbons (Fsp3) is 0.267. The number of ether oxygens (including phenoxy) is 1. The summed E-state index contributed by atoms with van der Waals surface area (Å²) in [6.07, 6.45) is 4.09. The van der Waals surface area contributed by atoms with Gasteiger partial charge in [-0.05, 0) is 19.1 Å². The van der Waals surface area contributed by atoms with Gasteiger partial charge in [-0.2, -0.15) is 0 Å². The van der Waals surface area contributed by atoms with Crippen molar-refractivity contribution in [1.82, 2.24) is 0 Å². The smallest absolute Gasteiger partial charge is 0.175 e. The van der Waals surface area contributed by atoms with Gasteiger partial charge in [-0.15, -0.1) is 0 Å². The van der Waals surface area contributed by atoms with Gasteiger partial charge in [-0.1, -0.05) is 36.4 Å². The molecule has 0 saturated heterocycles. The molecule has 0 aromatic heterocycles. The van der Waals surface area contributed by atoms with Gasteiger partial charge in [-0.25, -0.2) is 0 Å². The number of methoxy groups -OCH3 is 1. The van der Waals surface area contributed by atoms with Gasteiger partial charge in [0.25, 0.3) is 0 Å². The summed E-state index contributed by atoms with van der Waals surface area (Å²) in [5.41, 5.74) is -0.346. The van der Waals surface area contributed by atoms with Crippen LogP contribution in [0.25, 0.3) is 0 Å². The second-order valence-electron chi connectivity index (χ2n) is 4.53. The summed E-state index contributed by atoms with van der Waals surface area (Å²) in [6.45, 7) is 1.73. The topological polar surface area (TPSA) is 46.5 Å². The Labute approximate surface area is 106 Å². The number of Topliss-reactive ketones (excluding diaryl/α,β-unsaturated/α-hetero) is 1. The van der Waals surface area contributed by atoms with E-state index in [1.807, 2.05) is 18.2 Å². The van der Waals surface area contributed by atoms with Crippen LogP contribution in [0.2, 0.25) is 0 Å². The zero-order chi connectivity index (χ0) is 13.2. The average molecular weight is 244 g/mol. The van der Waals surface area contributed by atoms with Gasteiger partial charge < -0.3 is 9.84 Å². The Morgan fingerprint density at radius 3 is 2.56 bits per heavy atom. The maximum atomic E-state index is 12.4. The average Bonchev–Trinajstić information content (AvgIpc) is 2.42. The molecule has 0 bridgehead atoms. The van der Waals surface area contributed by atoms with Crippen LogP contribution in [-0.4, -0.2) is 24.1 Å². The van der Waals surface area contributed by atoms with E-state index < -0.39 is 11.5 Å². The lowest BCUT2D eigenvalue weighted by Gasteiger charge is -2.31. The highest BCUT2D eigenvalue weighted by molar-refractivity contribution is 6.02. The summed E-state index contributed by atoms with van der Waals surface area (Å²) in [6, 6.07) is 8.99. The van der Waals surface area contributed by atoms with Gasteiger partial charge in [0.1, 0.15) is 5.76 Å². The highest BCUT2D eigenvalue weighted by Crippen LogP contribution is 2.33. The molecule has 2 unspecified atom stereocenters. The quantitative estimate of drug-likeness (QED) is 0.830. The molecular formula is C15H16O3. The third kappa shape index (κ3) is 2.09. The molecule has 2 atom stereocenters. The number of hydrogen-bond donors (Lipinski definition) is 1. The summed E-state index contributed by atoms with van der Waals surface area (Å²) < 4.78 is 5.04. The van der Waals surface area contributed by atoms with Crippen molar-refractivity contribution in [3.8, 4) is 0 Å². The highest BCUT2D eigenvalue weighted by atomic mass is 16.5. The number of carbonyl (C=O) groups is 1. The largest absolute Gasteiger partial charge is 0.497 e. The number of aliphatic hydroxyl groups excluding tert-OH is 1. The van der Waals surface area contributed by atoms with Crippen LogP contribution in [0, 0.1) is 5.41 Å². The normalized spacial score (nSPS) is 26.6. The molecule has 2 rings (SSSR count). The van der Waals surface area contributed by atoms with Gasteiger partial charge in [0, 0.05) is 5.56 Å². The van der Waals surface area contributed by atoms with Gasteiger partial charge in [0.05, 0.1) is 18.6 Å². The lowest BCUT2D eigenvalue weighted by atomic mass is 9.75. The number of aliphatic hydroxyl groups is 1. The Hall–Kier alpha value is -1.87. The molecule has 1 aliphatic rings. The van der Waals surface area contributed by atoms with E-state index in [0.717, 1.165) is 0 Å². The first kappa shape index (κ1) is 12.6. The molecular weight excluding hydrogens is 228 g/mol. The zero-order valence-corrected chi connectivity index (χ0v) is 10.5. The third-order valence-electron chi connectivity index (χ3n) is 3.29. The molecule has 94 valence electrons. The van der Waals surface area contributed by atoms with E-state index in [4.69, 9.17) is 4.74 Å². The predicted octanol–water partition coefficient (Wildman–Crippen LogP) is 2.34. The molecule has 3 heteroatoms. The summed E-state index contributed by atoms with van der Waals surface area (Å²) in [5, 5.41) is 10.1. The summed E-state index contributed by atoms with van der Waals surface area (Å²) in [7, 11) is 1.53. The molecule has 0 aliphatic heterocycles. The minimum absolute atomic E-state index is 0.0988. The molecule has 0 radical (unpaired) electrons. The van der Waals surface area contributed by atoms with Crippen molar-refractivity contribution in [3.05, 3.63) is 59.9 Å². The van der Waals surface area contributed by atoms with Crippen molar-refractivity contribution < 1.29 is 14.6 Å². The van der Waals surface area contributed by atoms with Crippen molar-refractivity contribution in [2.75, 3.05) is 7.11 Å². The second-order valence-corrected chi connectivity index (χ2v) is 4.53. The van der Waals surface area contributed by atoms with Crippen LogP contribution >= 0.6 is 0 Å². The monoisotopic (exact) mass is 244 g/mol. The molecule has 0 saturated carbocycles. The maximum absolute atomic E-state index is 12.4. The number of benzene rings is 1. The molecule has 1 N–H and O–H groups in total. The molecule has 0 spiro atoms. The fourth-order valence-electron chi connectivity index (χ4n) is 1.98. The van der Waals surface area contributed by atoms with Crippen molar-refractivity contribution in [3.63, 3.8) is 0 Å². The second kappa shape index (κ2) is 4.78. The summed E-state index contributed by atoms with van der Waals surface area (Å²) >= 11 is 0. The zero-order valence-electron chi connectivity index (χ0n) is 10.5. The Morgan fingerprint density at radius 2 is 2.00 bits per heavy atom. The minimum atomic E-state index is -0.941. The lowest BCUT2D eigenvalue weighted by molar-refractivity contribution is 0.0628. The predicted molar refractivity (Wildman–Crippen MR) is 69.1 cm³/mol. The summed E-state index contributed by atoms with van der Waals surface area (Å²) in [5.74, 6) is 0.471. The van der Waals surface area contributed by atoms with Crippen molar-refractivity contribution in [1.29, 1.82) is 0 Å². The van der Waals surface area contributed by atoms with Crippen LogP contribution < -0.4 is 0 Å². The Morgan fingerprint density at radius 1 is 1.33 bits per heavy atom. The van der Waals surface area contributed by atoms with Gasteiger partial charge in [0.2, 0.25) is 0 Å². The van der Waals surface area contributed by atoms with E-state index >= 15 is 0 Å². The van der Waals surface area contributed by atoms with Crippen molar-refractivity contribution >= 4 is 5.78 Å². The summed E-state index contributed by atoms with van der Waals surface area (Å²) in [4.78, 5) is 12.4. The van der Waals surface area contributed by atoms with Gasteiger partial charge in [-0.3, -0.25) is 4.79 Å². The number of hydrogen-bond acceptors (Lipinski definition) is 3. The van der Waals surface area contributed by atoms with Gasteiger partial charge >= 0.3 is 0 Å². The highest BCUT2D eigenvalue weighted by Gasteiger charge is 2.39. The third-order valence-corrected chi connectivity index (χ3v) is 3.29. The first-order chi connectivity index (χ1) is 8.58. The number of ketones is 1. The minimum Gasteiger partial charge on any atom is -0.497 e. The SMILES string of the molecule is COC1=CC(O)C(C)(C(=O)c2ccccc2)C=C1. The van der Waals surface area contributed by atoms with Crippen LogP contribution in [0.4, 0.5) is 0 Å². The van der Waals surface area contributed by atoms with Crippen LogP contribution in [0.5, 0.6) is 0 Å². The van der Waals surface area contributed by atoms with E-state index in [1.54, 1.807) is 37.3 Å². The van der Waals surface area contributed by atoms with Gasteiger partial charge in [0.15, 0.2) is 5.78 Å². The molecule has 1 aromatic carbocycles. The van der Waals surface area contributed by atoms with E-state index in [0.29, 0.717) is 11.3 Å². The Bertz CT molecular complexity index is 502. The maximum Gasteiger partial charge on any atom is 0.175 e. The van der Waals surface area contributed by atoms with E-state index in [1.165, 1.54) is 7.11 Å². The Kier molecular flexibility index (Phi) is 3.34. The molecule has 18 heavy (non-hydrogen) atoms. The molecule has 0 amide bonds. The Balaban J connectivity index is 2.32. The number of carbonyl (C=O) groups excluding carboxylic acids is 1. The van der Waals surface area contributed by atoms with Crippen LogP contribution in [0.1, 0.15) is 17.3 Å². The van der Waals surface area contributed by atoms with Crippen molar-refractivity contribution in [2.24, 2.45) is 5.41 Å². The molecule has 1 aliphatic carbocycles. The van der Waals surface area contributed by atoms with E-state index in [2.05, 4.69) is 0 Å². The first-order valence-electron chi connectivity index (χ1n) is 5.81. The van der Waals surface area contributed by atoms with E-state index in [9.17, 15) is 9.90 Å². The molecule has 1 aromatic rings. The van der Waals surface area contributed by atoms with Crippen molar-refractivity contribution in [2.45, 2.75) is 13.0 Å². The first-order valence-corrected chi connectivity index (χ1v) is 5.81. The van der Waals surface area contributed by atoms with E-state index in [-0.39, 0.29) is 5.78 Å². The molecule has 3 nitrogen and oxygen atoms in total. The molecule has 0 fully saturated rings. The standard InChI is InChI=1S/C15H16O3/c1-15(9-8-12(18-2)10-13(15)16)14(17)11-6-4-3-5-7-11/h3-10,13,16H,1-2H3. The van der Waals surface area contributed by atoms with Crippen LogP contribution in [0.3, 0.4) is 0 Å². The van der Waals surface area contributed by atoms with Crippen LogP contribution in [-0.2, 0) is 4.74 Å². The number of allylic oxidation sites excluding steroid dienone is 1. The number of rotatable bonds is 3. The fourth-order valence-corrected chi connectivity index (χ4v) is 1.98. The molecule has 0 heterocycles. The van der Waals surface area contributed by atoms with Crippen LogP contribution in [0.15, 0.2) is 54.3 Å².